The van der Waals surface area contributed by atoms with Gasteiger partial charge >= 0.3 is 5.97 Å². The summed E-state index contributed by atoms with van der Waals surface area (Å²) in [5.41, 5.74) is 0.973. The number of nitrogens with one attached hydrogen (secondary N) is 1. The number of benzene rings is 1. The molecule has 1 aromatic carbocycles. The lowest BCUT2D eigenvalue weighted by molar-refractivity contribution is -0.140. The summed E-state index contributed by atoms with van der Waals surface area (Å²) < 4.78 is 10.6. The second kappa shape index (κ2) is 6.67. The van der Waals surface area contributed by atoms with Crippen molar-refractivity contribution >= 4 is 11.7 Å². The van der Waals surface area contributed by atoms with Crippen LogP contribution in [0.25, 0.3) is 0 Å². The molecule has 2 unspecified atom stereocenters. The molecule has 6 heteroatoms. The fourth-order valence-corrected chi connectivity index (χ4v) is 2.89. The molecular weight excluding hydrogens is 272 g/mol. The van der Waals surface area contributed by atoms with Crippen LogP contribution in [0.15, 0.2) is 18.2 Å². The second-order valence-corrected chi connectivity index (χ2v) is 5.14. The summed E-state index contributed by atoms with van der Waals surface area (Å²) in [7, 11) is 4.93. The van der Waals surface area contributed by atoms with Crippen LogP contribution < -0.4 is 19.7 Å². The van der Waals surface area contributed by atoms with Crippen LogP contribution in [0.5, 0.6) is 11.5 Å². The summed E-state index contributed by atoms with van der Waals surface area (Å²) in [5, 5.41) is 12.1. The Labute approximate surface area is 124 Å². The minimum atomic E-state index is -0.800. The Bertz CT molecular complexity index is 506. The van der Waals surface area contributed by atoms with Crippen LogP contribution >= 0.6 is 0 Å². The summed E-state index contributed by atoms with van der Waals surface area (Å²) in [6, 6.07) is 5.17. The van der Waals surface area contributed by atoms with Gasteiger partial charge in [0.15, 0.2) is 0 Å². The van der Waals surface area contributed by atoms with E-state index < -0.39 is 12.0 Å². The SMILES string of the molecule is CNC(C(=O)O)C1CCN(c2ccc(OC)cc2OC)C1. The Balaban J connectivity index is 2.16. The second-order valence-electron chi connectivity index (χ2n) is 5.14. The number of methoxy groups -OCH3 is 2. The van der Waals surface area contributed by atoms with Crippen molar-refractivity contribution in [1.82, 2.24) is 5.32 Å². The molecule has 0 aromatic heterocycles. The van der Waals surface area contributed by atoms with Crippen LogP contribution in [0, 0.1) is 5.92 Å². The van der Waals surface area contributed by atoms with E-state index >= 15 is 0 Å². The lowest BCUT2D eigenvalue weighted by Crippen LogP contribution is -2.42. The van der Waals surface area contributed by atoms with Crippen LogP contribution in [-0.4, -0.2) is 51.5 Å². The van der Waals surface area contributed by atoms with E-state index in [0.717, 1.165) is 30.2 Å². The molecule has 1 fully saturated rings. The molecule has 116 valence electrons. The van der Waals surface area contributed by atoms with Crippen molar-refractivity contribution in [1.29, 1.82) is 0 Å². The van der Waals surface area contributed by atoms with E-state index in [0.29, 0.717) is 6.54 Å². The third-order valence-corrected chi connectivity index (χ3v) is 4.00. The number of ether oxygens (including phenoxy) is 2. The lowest BCUT2D eigenvalue weighted by Gasteiger charge is -2.23. The fraction of sp³-hybridized carbons (Fsp3) is 0.533. The molecule has 1 aliphatic heterocycles. The van der Waals surface area contributed by atoms with Gasteiger partial charge in [-0.15, -0.1) is 0 Å². The Morgan fingerprint density at radius 1 is 1.43 bits per heavy atom. The predicted octanol–water partition coefficient (Wildman–Crippen LogP) is 1.20. The molecule has 21 heavy (non-hydrogen) atoms. The average Bonchev–Trinajstić information content (AvgIpc) is 2.96. The fourth-order valence-electron chi connectivity index (χ4n) is 2.89. The number of hydrogen-bond donors (Lipinski definition) is 2. The molecule has 0 spiro atoms. The molecule has 1 aromatic rings. The number of hydrogen-bond acceptors (Lipinski definition) is 5. The van der Waals surface area contributed by atoms with E-state index in [2.05, 4.69) is 10.2 Å². The third-order valence-electron chi connectivity index (χ3n) is 4.00. The van der Waals surface area contributed by atoms with Gasteiger partial charge in [0.05, 0.1) is 19.9 Å². The Morgan fingerprint density at radius 2 is 2.19 bits per heavy atom. The van der Waals surface area contributed by atoms with Crippen molar-refractivity contribution < 1.29 is 19.4 Å². The molecule has 2 N–H and O–H groups in total. The summed E-state index contributed by atoms with van der Waals surface area (Å²) in [5.74, 6) is 0.765. The molecule has 0 radical (unpaired) electrons. The minimum Gasteiger partial charge on any atom is -0.497 e. The number of carbonyl (C=O) groups is 1. The van der Waals surface area contributed by atoms with Crippen LogP contribution in [0.2, 0.25) is 0 Å². The van der Waals surface area contributed by atoms with Gasteiger partial charge in [-0.2, -0.15) is 0 Å². The number of likely N-dealkylation sites (N-methyl/N-ethyl adjacent to an activating group) is 1. The largest absolute Gasteiger partial charge is 0.497 e. The zero-order valence-electron chi connectivity index (χ0n) is 12.6. The Hall–Kier alpha value is -1.95. The number of carboxylic acids is 1. The molecule has 1 heterocycles. The van der Waals surface area contributed by atoms with E-state index in [9.17, 15) is 9.90 Å². The number of nitrogens with zero attached hydrogens (tertiary/aromatic N) is 1. The quantitative estimate of drug-likeness (QED) is 0.821. The molecule has 1 aliphatic rings. The highest BCUT2D eigenvalue weighted by atomic mass is 16.5. The van der Waals surface area contributed by atoms with Gasteiger partial charge in [-0.25, -0.2) is 0 Å². The van der Waals surface area contributed by atoms with E-state index in [4.69, 9.17) is 9.47 Å². The number of aliphatic carboxylic acids is 1. The normalized spacial score (nSPS) is 19.4. The smallest absolute Gasteiger partial charge is 0.321 e. The first-order chi connectivity index (χ1) is 10.1. The maximum Gasteiger partial charge on any atom is 0.321 e. The van der Waals surface area contributed by atoms with Crippen molar-refractivity contribution in [2.24, 2.45) is 5.92 Å². The highest BCUT2D eigenvalue weighted by Gasteiger charge is 2.33. The molecule has 6 nitrogen and oxygen atoms in total. The standard InChI is InChI=1S/C15H22N2O4/c1-16-14(15(18)19)10-6-7-17(9-10)12-5-4-11(20-2)8-13(12)21-3/h4-5,8,10,14,16H,6-7,9H2,1-3H3,(H,18,19). The van der Waals surface area contributed by atoms with Crippen LogP contribution in [0.4, 0.5) is 5.69 Å². The van der Waals surface area contributed by atoms with Crippen molar-refractivity contribution in [3.8, 4) is 11.5 Å². The Kier molecular flexibility index (Phi) is 4.90. The van der Waals surface area contributed by atoms with Crippen molar-refractivity contribution in [2.45, 2.75) is 12.5 Å². The zero-order valence-corrected chi connectivity index (χ0v) is 12.6. The zero-order chi connectivity index (χ0) is 15.4. The highest BCUT2D eigenvalue weighted by molar-refractivity contribution is 5.74. The molecule has 1 saturated heterocycles. The molecular formula is C15H22N2O4. The van der Waals surface area contributed by atoms with Crippen molar-refractivity contribution in [2.75, 3.05) is 39.3 Å². The topological polar surface area (TPSA) is 71.0 Å². The summed E-state index contributed by atoms with van der Waals surface area (Å²) in [6.07, 6.45) is 0.840. The van der Waals surface area contributed by atoms with Gasteiger partial charge < -0.3 is 24.8 Å². The lowest BCUT2D eigenvalue weighted by atomic mass is 9.99. The summed E-state index contributed by atoms with van der Waals surface area (Å²) >= 11 is 0. The Morgan fingerprint density at radius 3 is 2.76 bits per heavy atom. The maximum absolute atomic E-state index is 11.2. The number of rotatable bonds is 6. The maximum atomic E-state index is 11.2. The molecule has 0 aliphatic carbocycles. The van der Waals surface area contributed by atoms with Crippen LogP contribution in [-0.2, 0) is 4.79 Å². The van der Waals surface area contributed by atoms with Gasteiger partial charge in [-0.3, -0.25) is 4.79 Å². The molecule has 0 amide bonds. The van der Waals surface area contributed by atoms with Gasteiger partial charge in [0.1, 0.15) is 17.5 Å². The van der Waals surface area contributed by atoms with Crippen molar-refractivity contribution in [3.63, 3.8) is 0 Å². The third kappa shape index (κ3) is 3.21. The first-order valence-corrected chi connectivity index (χ1v) is 6.97. The van der Waals surface area contributed by atoms with E-state index in [1.165, 1.54) is 0 Å². The first-order valence-electron chi connectivity index (χ1n) is 6.97. The molecule has 2 atom stereocenters. The van der Waals surface area contributed by atoms with Gasteiger partial charge in [0, 0.05) is 25.1 Å². The number of carboxylic acid groups (broad SMARTS) is 1. The first kappa shape index (κ1) is 15.4. The van der Waals surface area contributed by atoms with Gasteiger partial charge in [0.2, 0.25) is 0 Å². The molecule has 0 bridgehead atoms. The van der Waals surface area contributed by atoms with E-state index in [-0.39, 0.29) is 5.92 Å². The number of anilines is 1. The average molecular weight is 294 g/mol. The molecule has 2 rings (SSSR count). The van der Waals surface area contributed by atoms with E-state index in [1.54, 1.807) is 21.3 Å². The highest BCUT2D eigenvalue weighted by Crippen LogP contribution is 2.35. The van der Waals surface area contributed by atoms with E-state index in [1.807, 2.05) is 18.2 Å². The summed E-state index contributed by atoms with van der Waals surface area (Å²) in [4.78, 5) is 13.4. The van der Waals surface area contributed by atoms with Crippen LogP contribution in [0.3, 0.4) is 0 Å². The molecule has 0 saturated carbocycles. The monoisotopic (exact) mass is 294 g/mol. The van der Waals surface area contributed by atoms with Gasteiger partial charge in [-0.1, -0.05) is 0 Å². The minimum absolute atomic E-state index is 0.0827. The predicted molar refractivity (Wildman–Crippen MR) is 80.3 cm³/mol. The van der Waals surface area contributed by atoms with Gasteiger partial charge in [0.25, 0.3) is 0 Å². The van der Waals surface area contributed by atoms with Crippen molar-refractivity contribution in [3.05, 3.63) is 18.2 Å². The van der Waals surface area contributed by atoms with Gasteiger partial charge in [-0.05, 0) is 25.6 Å². The van der Waals surface area contributed by atoms with Crippen LogP contribution in [0.1, 0.15) is 6.42 Å². The summed E-state index contributed by atoms with van der Waals surface area (Å²) in [6.45, 7) is 1.51.